The predicted octanol–water partition coefficient (Wildman–Crippen LogP) is 4.70. The summed E-state index contributed by atoms with van der Waals surface area (Å²) < 4.78 is 1.80. The van der Waals surface area contributed by atoms with Gasteiger partial charge in [0.05, 0.1) is 32.5 Å². The van der Waals surface area contributed by atoms with Crippen molar-refractivity contribution in [3.63, 3.8) is 0 Å². The average Bonchev–Trinajstić information content (AvgIpc) is 3.07. The molecule has 0 unspecified atom stereocenters. The van der Waals surface area contributed by atoms with Crippen LogP contribution in [0.3, 0.4) is 0 Å². The Hall–Kier alpha value is -2.57. The first-order chi connectivity index (χ1) is 13.0. The van der Waals surface area contributed by atoms with E-state index in [1.807, 2.05) is 54.6 Å². The van der Waals surface area contributed by atoms with Crippen molar-refractivity contribution in [2.45, 2.75) is 6.92 Å². The van der Waals surface area contributed by atoms with Gasteiger partial charge in [-0.25, -0.2) is 4.68 Å². The Labute approximate surface area is 166 Å². The van der Waals surface area contributed by atoms with Gasteiger partial charge in [0.2, 0.25) is 0 Å². The summed E-state index contributed by atoms with van der Waals surface area (Å²) in [7, 11) is 1.93. The maximum Gasteiger partial charge on any atom is 0.163 e. The number of carbonyl (C=O) groups excluding carboxylic acids is 1. The molecule has 0 N–H and O–H groups in total. The van der Waals surface area contributed by atoms with E-state index in [4.69, 9.17) is 11.6 Å². The van der Waals surface area contributed by atoms with Crippen LogP contribution in [0.5, 0.6) is 0 Å². The van der Waals surface area contributed by atoms with Crippen molar-refractivity contribution in [3.8, 4) is 5.69 Å². The minimum atomic E-state index is -0.0328. The fraction of sp³-hybridized carbons (Fsp3) is 0.150. The van der Waals surface area contributed by atoms with E-state index in [1.165, 1.54) is 11.8 Å². The molecule has 0 radical (unpaired) electrons. The summed E-state index contributed by atoms with van der Waals surface area (Å²) in [4.78, 5) is 14.3. The van der Waals surface area contributed by atoms with Crippen LogP contribution in [0.4, 0.5) is 5.69 Å². The third-order valence-corrected chi connectivity index (χ3v) is 5.87. The van der Waals surface area contributed by atoms with Gasteiger partial charge < -0.3 is 4.90 Å². The van der Waals surface area contributed by atoms with E-state index in [2.05, 4.69) is 16.9 Å². The van der Waals surface area contributed by atoms with Gasteiger partial charge in [-0.3, -0.25) is 4.79 Å². The third kappa shape index (κ3) is 2.59. The van der Waals surface area contributed by atoms with Gasteiger partial charge in [0.15, 0.2) is 5.78 Å². The van der Waals surface area contributed by atoms with Crippen molar-refractivity contribution >= 4 is 51.4 Å². The van der Waals surface area contributed by atoms with Gasteiger partial charge in [0.25, 0.3) is 0 Å². The molecule has 2 aromatic carbocycles. The summed E-state index contributed by atoms with van der Waals surface area (Å²) in [5.41, 5.74) is 5.38. The molecule has 0 spiro atoms. The molecule has 2 heterocycles. The summed E-state index contributed by atoms with van der Waals surface area (Å²) in [5.74, 6) is -0.0328. The molecule has 0 bridgehead atoms. The number of nitrogens with zero attached hydrogens (tertiary/aromatic N) is 4. The maximum atomic E-state index is 12.3. The Morgan fingerprint density at radius 1 is 1.22 bits per heavy atom. The average molecular weight is 397 g/mol. The predicted molar refractivity (Wildman–Crippen MR) is 113 cm³/mol. The van der Waals surface area contributed by atoms with Gasteiger partial charge in [-0.2, -0.15) is 0 Å². The number of carbonyl (C=O) groups is 1. The number of fused-ring (bicyclic) bond motifs is 2. The molecule has 4 rings (SSSR count). The summed E-state index contributed by atoms with van der Waals surface area (Å²) in [6.45, 7) is 5.74. The molecule has 5 nitrogen and oxygen atoms in total. The summed E-state index contributed by atoms with van der Waals surface area (Å²) in [6, 6.07) is 11.5. The number of Topliss-reactive ketones (excluding diaryl/α,β-unsaturated/α-hetero) is 1. The highest BCUT2D eigenvalue weighted by atomic mass is 35.5. The molecule has 0 saturated carbocycles. The van der Waals surface area contributed by atoms with E-state index in [-0.39, 0.29) is 5.78 Å². The number of rotatable bonds is 3. The Kier molecular flexibility index (Phi) is 4.32. The van der Waals surface area contributed by atoms with E-state index >= 15 is 0 Å². The molecule has 136 valence electrons. The van der Waals surface area contributed by atoms with Crippen molar-refractivity contribution in [2.75, 3.05) is 18.2 Å². The normalized spacial score (nSPS) is 14.1. The second kappa shape index (κ2) is 6.55. The number of hydrogen-bond donors (Lipinski definition) is 0. The largest absolute Gasteiger partial charge is 0.336 e. The van der Waals surface area contributed by atoms with Crippen molar-refractivity contribution in [2.24, 2.45) is 0 Å². The van der Waals surface area contributed by atoms with Gasteiger partial charge in [0.1, 0.15) is 5.52 Å². The summed E-state index contributed by atoms with van der Waals surface area (Å²) >= 11 is 8.05. The molecule has 0 atom stereocenters. The number of halogens is 1. The van der Waals surface area contributed by atoms with Crippen LogP contribution in [-0.2, 0) is 4.79 Å². The van der Waals surface area contributed by atoms with E-state index < -0.39 is 0 Å². The number of para-hydroxylation sites is 1. The lowest BCUT2D eigenvalue weighted by atomic mass is 9.91. The van der Waals surface area contributed by atoms with Crippen LogP contribution in [-0.4, -0.2) is 34.1 Å². The smallest absolute Gasteiger partial charge is 0.163 e. The van der Waals surface area contributed by atoms with Crippen molar-refractivity contribution in [1.82, 2.24) is 15.0 Å². The van der Waals surface area contributed by atoms with Crippen LogP contribution in [0.1, 0.15) is 12.5 Å². The topological polar surface area (TPSA) is 51.0 Å². The zero-order valence-corrected chi connectivity index (χ0v) is 16.7. The number of aromatic nitrogens is 3. The van der Waals surface area contributed by atoms with Crippen LogP contribution in [0, 0.1) is 0 Å². The minimum Gasteiger partial charge on any atom is -0.336 e. The molecule has 3 aromatic rings. The monoisotopic (exact) mass is 396 g/mol. The van der Waals surface area contributed by atoms with Gasteiger partial charge in [0, 0.05) is 12.6 Å². The van der Waals surface area contributed by atoms with Gasteiger partial charge in [-0.05, 0) is 43.0 Å². The first-order valence-corrected chi connectivity index (χ1v) is 9.92. The minimum absolute atomic E-state index is 0.0328. The lowest BCUT2D eigenvalue weighted by Gasteiger charge is -2.34. The lowest BCUT2D eigenvalue weighted by Crippen LogP contribution is -2.26. The van der Waals surface area contributed by atoms with E-state index in [9.17, 15) is 4.79 Å². The molecular formula is C20H17ClN4OS. The molecule has 27 heavy (non-hydrogen) atoms. The highest BCUT2D eigenvalue weighted by molar-refractivity contribution is 8.02. The number of allylic oxidation sites excluding steroid dienone is 2. The zero-order valence-electron chi connectivity index (χ0n) is 15.2. The van der Waals surface area contributed by atoms with Crippen molar-refractivity contribution in [1.29, 1.82) is 0 Å². The number of anilines is 1. The SMILES string of the molecule is C=C1C(C(C)=O)=C(SC)N(C)c2c(-n3nnc4ccccc43)ccc(Cl)c21. The van der Waals surface area contributed by atoms with Gasteiger partial charge in [-0.1, -0.05) is 35.5 Å². The first kappa shape index (κ1) is 17.8. The molecule has 0 fully saturated rings. The Morgan fingerprint density at radius 2 is 1.96 bits per heavy atom. The molecule has 1 aliphatic heterocycles. The Balaban J connectivity index is 2.05. The summed E-state index contributed by atoms with van der Waals surface area (Å²) in [5, 5.41) is 10.00. The number of thioether (sulfide) groups is 1. The number of ketones is 1. The van der Waals surface area contributed by atoms with E-state index in [1.54, 1.807) is 11.6 Å². The van der Waals surface area contributed by atoms with Crippen molar-refractivity contribution < 1.29 is 4.79 Å². The van der Waals surface area contributed by atoms with Crippen LogP contribution in [0.25, 0.3) is 22.3 Å². The second-order valence-corrected chi connectivity index (χ2v) is 7.46. The highest BCUT2D eigenvalue weighted by Gasteiger charge is 2.32. The molecule has 1 aliphatic rings. The molecule has 1 aromatic heterocycles. The molecule has 0 aliphatic carbocycles. The molecular weight excluding hydrogens is 380 g/mol. The fourth-order valence-electron chi connectivity index (χ4n) is 3.53. The van der Waals surface area contributed by atoms with Crippen LogP contribution in [0.2, 0.25) is 5.02 Å². The molecule has 0 saturated heterocycles. The lowest BCUT2D eigenvalue weighted by molar-refractivity contribution is -0.113. The molecule has 7 heteroatoms. The van der Waals surface area contributed by atoms with E-state index in [0.717, 1.165) is 33.0 Å². The van der Waals surface area contributed by atoms with Crippen LogP contribution in [0.15, 0.2) is 53.6 Å². The maximum absolute atomic E-state index is 12.3. The van der Waals surface area contributed by atoms with Crippen LogP contribution < -0.4 is 4.90 Å². The van der Waals surface area contributed by atoms with E-state index in [0.29, 0.717) is 16.2 Å². The van der Waals surface area contributed by atoms with Crippen molar-refractivity contribution in [3.05, 3.63) is 64.2 Å². The second-order valence-electron chi connectivity index (χ2n) is 6.26. The third-order valence-electron chi connectivity index (χ3n) is 4.69. The Morgan fingerprint density at radius 3 is 2.67 bits per heavy atom. The quantitative estimate of drug-likeness (QED) is 0.642. The molecule has 0 amide bonds. The van der Waals surface area contributed by atoms with Gasteiger partial charge in [-0.15, -0.1) is 16.9 Å². The number of hydrogen-bond acceptors (Lipinski definition) is 5. The van der Waals surface area contributed by atoms with Gasteiger partial charge >= 0.3 is 0 Å². The Bertz CT molecular complexity index is 1150. The zero-order chi connectivity index (χ0) is 19.3. The fourth-order valence-corrected chi connectivity index (χ4v) is 4.63. The standard InChI is InChI=1S/C20H17ClN4OS/c1-11-17(12(2)26)20(27-4)24(3)19-16(10-9-13(21)18(11)19)25-15-8-6-5-7-14(15)22-23-25/h5-10H,1H2,2-4H3. The number of benzene rings is 2. The first-order valence-electron chi connectivity index (χ1n) is 8.31. The highest BCUT2D eigenvalue weighted by Crippen LogP contribution is 2.48. The summed E-state index contributed by atoms with van der Waals surface area (Å²) in [6.07, 6.45) is 1.95. The van der Waals surface area contributed by atoms with Crippen LogP contribution >= 0.6 is 23.4 Å².